The lowest BCUT2D eigenvalue weighted by atomic mass is 10.0. The molecule has 0 atom stereocenters. The summed E-state index contributed by atoms with van der Waals surface area (Å²) in [4.78, 5) is 12.2. The van der Waals surface area contributed by atoms with Gasteiger partial charge in [0, 0.05) is 0 Å². The van der Waals surface area contributed by atoms with E-state index in [9.17, 15) is 4.79 Å². The van der Waals surface area contributed by atoms with Crippen molar-refractivity contribution in [2.45, 2.75) is 5.54 Å². The number of hydrogen-bond donors (Lipinski definition) is 4. The van der Waals surface area contributed by atoms with Crippen LogP contribution in [0.5, 0.6) is 5.75 Å². The third-order valence-corrected chi connectivity index (χ3v) is 3.24. The molecule has 6 nitrogen and oxygen atoms in total. The highest BCUT2D eigenvalue weighted by Crippen LogP contribution is 2.24. The van der Waals surface area contributed by atoms with Crippen molar-refractivity contribution in [3.8, 4) is 5.75 Å². The monoisotopic (exact) mass is 261 g/mol. The third kappa shape index (κ3) is 2.95. The Kier molecular flexibility index (Phi) is 4.88. The Labute approximate surface area is 102 Å². The zero-order valence-electron chi connectivity index (χ0n) is 9.34. The number of aliphatic hydroxyl groups is 3. The number of carbonyl (C=O) groups excluding carboxylic acids is 1. The fourth-order valence-electron chi connectivity index (χ4n) is 1.19. The molecule has 0 aromatic carbocycles. The predicted octanol–water partition coefficient (Wildman–Crippen LogP) is -0.798. The molecule has 0 aliphatic heterocycles. The first kappa shape index (κ1) is 13.9. The van der Waals surface area contributed by atoms with Crippen molar-refractivity contribution in [3.63, 3.8) is 0 Å². The Bertz CT molecular complexity index is 366. The first-order valence-corrected chi connectivity index (χ1v) is 5.77. The van der Waals surface area contributed by atoms with Gasteiger partial charge in [-0.1, -0.05) is 0 Å². The van der Waals surface area contributed by atoms with Crippen molar-refractivity contribution >= 4 is 17.2 Å². The number of carbonyl (C=O) groups is 1. The minimum Gasteiger partial charge on any atom is -0.495 e. The Hall–Kier alpha value is -1.15. The van der Waals surface area contributed by atoms with Gasteiger partial charge in [0.05, 0.1) is 26.9 Å². The van der Waals surface area contributed by atoms with Crippen molar-refractivity contribution in [1.82, 2.24) is 5.32 Å². The lowest BCUT2D eigenvalue weighted by molar-refractivity contribution is 0.0376. The average Bonchev–Trinajstić information content (AvgIpc) is 2.84. The van der Waals surface area contributed by atoms with E-state index in [1.165, 1.54) is 18.4 Å². The van der Waals surface area contributed by atoms with Crippen molar-refractivity contribution in [2.75, 3.05) is 26.9 Å². The number of hydrogen-bond acceptors (Lipinski definition) is 6. The molecule has 1 rings (SSSR count). The van der Waals surface area contributed by atoms with Crippen LogP contribution in [0.2, 0.25) is 0 Å². The molecule has 1 amide bonds. The highest BCUT2D eigenvalue weighted by molar-refractivity contribution is 7.12. The number of amides is 1. The molecule has 1 aromatic rings. The molecule has 17 heavy (non-hydrogen) atoms. The van der Waals surface area contributed by atoms with Gasteiger partial charge in [-0.2, -0.15) is 0 Å². The molecule has 0 radical (unpaired) electrons. The van der Waals surface area contributed by atoms with Gasteiger partial charge in [-0.05, 0) is 11.4 Å². The molecule has 4 N–H and O–H groups in total. The van der Waals surface area contributed by atoms with Gasteiger partial charge in [0.25, 0.3) is 5.91 Å². The van der Waals surface area contributed by atoms with Crippen LogP contribution < -0.4 is 10.1 Å². The van der Waals surface area contributed by atoms with Crippen LogP contribution in [0.1, 0.15) is 9.67 Å². The van der Waals surface area contributed by atoms with Crippen LogP contribution in [0.4, 0.5) is 0 Å². The largest absolute Gasteiger partial charge is 0.495 e. The van der Waals surface area contributed by atoms with E-state index in [0.29, 0.717) is 10.6 Å². The zero-order valence-corrected chi connectivity index (χ0v) is 10.2. The average molecular weight is 261 g/mol. The summed E-state index contributed by atoms with van der Waals surface area (Å²) in [6.07, 6.45) is 0. The number of ether oxygens (including phenoxy) is 1. The summed E-state index contributed by atoms with van der Waals surface area (Å²) in [5, 5.41) is 31.3. The van der Waals surface area contributed by atoms with Gasteiger partial charge in [-0.25, -0.2) is 0 Å². The molecule has 7 heteroatoms. The number of methoxy groups -OCH3 is 1. The van der Waals surface area contributed by atoms with E-state index in [-0.39, 0.29) is 0 Å². The van der Waals surface area contributed by atoms with E-state index in [4.69, 9.17) is 20.1 Å². The minimum atomic E-state index is -1.42. The van der Waals surface area contributed by atoms with E-state index in [1.807, 2.05) is 0 Å². The smallest absolute Gasteiger partial charge is 0.265 e. The van der Waals surface area contributed by atoms with Gasteiger partial charge in [-0.15, -0.1) is 11.3 Å². The van der Waals surface area contributed by atoms with Gasteiger partial charge in [0.15, 0.2) is 0 Å². The van der Waals surface area contributed by atoms with Crippen molar-refractivity contribution in [1.29, 1.82) is 0 Å². The lowest BCUT2D eigenvalue weighted by Gasteiger charge is -2.28. The second kappa shape index (κ2) is 5.97. The maximum absolute atomic E-state index is 11.9. The standard InChI is InChI=1S/C10H15NO5S/c1-16-7-2-3-17-8(7)9(15)11-10(4-12,5-13)6-14/h2-3,12-14H,4-6H2,1H3,(H,11,15). The zero-order chi connectivity index (χ0) is 12.9. The summed E-state index contributed by atoms with van der Waals surface area (Å²) in [5.74, 6) is -0.0933. The van der Waals surface area contributed by atoms with Gasteiger partial charge in [-0.3, -0.25) is 4.79 Å². The lowest BCUT2D eigenvalue weighted by Crippen LogP contribution is -2.56. The Morgan fingerprint density at radius 2 is 2.00 bits per heavy atom. The molecular weight excluding hydrogens is 246 g/mol. The van der Waals surface area contributed by atoms with Crippen LogP contribution in [0.25, 0.3) is 0 Å². The minimum absolute atomic E-state index is 0.326. The number of aliphatic hydroxyl groups excluding tert-OH is 3. The molecule has 0 unspecified atom stereocenters. The van der Waals surface area contributed by atoms with Crippen LogP contribution in [0, 0.1) is 0 Å². The number of rotatable bonds is 6. The highest BCUT2D eigenvalue weighted by atomic mass is 32.1. The van der Waals surface area contributed by atoms with Crippen LogP contribution in [-0.2, 0) is 0 Å². The van der Waals surface area contributed by atoms with Crippen molar-refractivity contribution in [3.05, 3.63) is 16.3 Å². The quantitative estimate of drug-likeness (QED) is 0.537. The van der Waals surface area contributed by atoms with Gasteiger partial charge in [0.1, 0.15) is 16.2 Å². The topological polar surface area (TPSA) is 99.0 Å². The molecule has 96 valence electrons. The molecule has 0 fully saturated rings. The Morgan fingerprint density at radius 3 is 2.47 bits per heavy atom. The fourth-order valence-corrected chi connectivity index (χ4v) is 1.94. The van der Waals surface area contributed by atoms with Crippen LogP contribution in [0.15, 0.2) is 11.4 Å². The summed E-state index contributed by atoms with van der Waals surface area (Å²) in [6, 6.07) is 1.64. The van der Waals surface area contributed by atoms with Crippen molar-refractivity contribution < 1.29 is 24.9 Å². The Balaban J connectivity index is 2.84. The van der Waals surface area contributed by atoms with E-state index < -0.39 is 31.3 Å². The fraction of sp³-hybridized carbons (Fsp3) is 0.500. The van der Waals surface area contributed by atoms with Crippen LogP contribution >= 0.6 is 11.3 Å². The highest BCUT2D eigenvalue weighted by Gasteiger charge is 2.31. The number of thiophene rings is 1. The first-order chi connectivity index (χ1) is 8.12. The maximum atomic E-state index is 11.9. The van der Waals surface area contributed by atoms with Gasteiger partial charge in [0.2, 0.25) is 0 Å². The van der Waals surface area contributed by atoms with Gasteiger partial charge >= 0.3 is 0 Å². The summed E-state index contributed by atoms with van der Waals surface area (Å²) in [5.41, 5.74) is -1.42. The second-order valence-electron chi connectivity index (χ2n) is 3.53. The van der Waals surface area contributed by atoms with Crippen LogP contribution in [0.3, 0.4) is 0 Å². The first-order valence-electron chi connectivity index (χ1n) is 4.89. The summed E-state index contributed by atoms with van der Waals surface area (Å²) in [6.45, 7) is -1.67. The molecule has 0 spiro atoms. The van der Waals surface area contributed by atoms with E-state index >= 15 is 0 Å². The summed E-state index contributed by atoms with van der Waals surface area (Å²) < 4.78 is 4.98. The molecule has 1 heterocycles. The molecule has 0 aliphatic rings. The molecule has 1 aromatic heterocycles. The van der Waals surface area contributed by atoms with Gasteiger partial charge < -0.3 is 25.4 Å². The molecule has 0 saturated carbocycles. The SMILES string of the molecule is COc1ccsc1C(=O)NC(CO)(CO)CO. The Morgan fingerprint density at radius 1 is 1.41 bits per heavy atom. The normalized spacial score (nSPS) is 11.3. The predicted molar refractivity (Wildman–Crippen MR) is 62.3 cm³/mol. The van der Waals surface area contributed by atoms with Crippen molar-refractivity contribution in [2.24, 2.45) is 0 Å². The molecule has 0 aliphatic carbocycles. The number of nitrogens with one attached hydrogen (secondary N) is 1. The second-order valence-corrected chi connectivity index (χ2v) is 4.44. The molecular formula is C10H15NO5S. The van der Waals surface area contributed by atoms with E-state index in [0.717, 1.165) is 0 Å². The molecule has 0 saturated heterocycles. The van der Waals surface area contributed by atoms with Crippen LogP contribution in [-0.4, -0.2) is 53.7 Å². The maximum Gasteiger partial charge on any atom is 0.265 e. The summed E-state index contributed by atoms with van der Waals surface area (Å²) >= 11 is 1.17. The summed E-state index contributed by atoms with van der Waals surface area (Å²) in [7, 11) is 1.44. The van der Waals surface area contributed by atoms with E-state index in [2.05, 4.69) is 5.32 Å². The third-order valence-electron chi connectivity index (χ3n) is 2.34. The van der Waals surface area contributed by atoms with E-state index in [1.54, 1.807) is 11.4 Å². The molecule has 0 bridgehead atoms.